The molecular weight excluding hydrogens is 386 g/mol. The molecule has 1 aliphatic heterocycles. The van der Waals surface area contributed by atoms with Gasteiger partial charge in [0.2, 0.25) is 5.82 Å². The Balaban J connectivity index is 1.61. The molecule has 0 spiro atoms. The van der Waals surface area contributed by atoms with E-state index >= 15 is 0 Å². The largest absolute Gasteiger partial charge is 0.471 e. The summed E-state index contributed by atoms with van der Waals surface area (Å²) in [5.41, 5.74) is 1.47. The summed E-state index contributed by atoms with van der Waals surface area (Å²) in [5.74, 6) is -2.28. The lowest BCUT2D eigenvalue weighted by molar-refractivity contribution is -0.159. The van der Waals surface area contributed by atoms with Gasteiger partial charge < -0.3 is 9.42 Å². The number of nitrogens with zero attached hydrogens (tertiary/aromatic N) is 3. The van der Waals surface area contributed by atoms with Crippen molar-refractivity contribution < 1.29 is 26.9 Å². The van der Waals surface area contributed by atoms with Gasteiger partial charge in [0.15, 0.2) is 0 Å². The molecule has 2 aromatic heterocycles. The second-order valence-corrected chi connectivity index (χ2v) is 6.92. The van der Waals surface area contributed by atoms with Gasteiger partial charge in [0.1, 0.15) is 5.82 Å². The molecule has 3 aromatic rings. The van der Waals surface area contributed by atoms with E-state index in [1.807, 2.05) is 0 Å². The fourth-order valence-electron chi connectivity index (χ4n) is 2.90. The molecule has 0 saturated carbocycles. The highest BCUT2D eigenvalue weighted by molar-refractivity contribution is 7.10. The molecule has 1 aromatic carbocycles. The zero-order chi connectivity index (χ0) is 19.2. The molecule has 3 heterocycles. The van der Waals surface area contributed by atoms with Gasteiger partial charge in [0.25, 0.3) is 5.91 Å². The van der Waals surface area contributed by atoms with Crippen molar-refractivity contribution in [2.75, 3.05) is 6.54 Å². The quantitative estimate of drug-likeness (QED) is 0.610. The predicted molar refractivity (Wildman–Crippen MR) is 87.5 cm³/mol. The number of hydrogen-bond acceptors (Lipinski definition) is 5. The molecule has 0 atom stereocenters. The summed E-state index contributed by atoms with van der Waals surface area (Å²) in [7, 11) is 0. The number of rotatable bonds is 2. The first-order valence-corrected chi connectivity index (χ1v) is 8.76. The van der Waals surface area contributed by atoms with E-state index in [4.69, 9.17) is 0 Å². The number of carbonyl (C=O) groups is 1. The molecule has 140 valence electrons. The second kappa shape index (κ2) is 6.45. The molecule has 0 bridgehead atoms. The Morgan fingerprint density at radius 1 is 1.22 bits per heavy atom. The number of alkyl halides is 3. The monoisotopic (exact) mass is 397 g/mol. The molecule has 0 aliphatic carbocycles. The van der Waals surface area contributed by atoms with E-state index in [1.165, 1.54) is 35.6 Å². The van der Waals surface area contributed by atoms with Gasteiger partial charge in [-0.05, 0) is 36.2 Å². The maximum Gasteiger partial charge on any atom is 0.471 e. The summed E-state index contributed by atoms with van der Waals surface area (Å²) in [6, 6.07) is 5.21. The van der Waals surface area contributed by atoms with Gasteiger partial charge in [-0.1, -0.05) is 5.16 Å². The number of amides is 1. The number of carbonyl (C=O) groups excluding carboxylic acids is 1. The van der Waals surface area contributed by atoms with Crippen LogP contribution in [0.5, 0.6) is 0 Å². The minimum Gasteiger partial charge on any atom is -0.334 e. The molecule has 5 nitrogen and oxygen atoms in total. The number of benzene rings is 1. The molecule has 1 aliphatic rings. The van der Waals surface area contributed by atoms with Crippen LogP contribution >= 0.6 is 11.3 Å². The third-order valence-corrected chi connectivity index (χ3v) is 5.31. The van der Waals surface area contributed by atoms with Gasteiger partial charge in [0.05, 0.1) is 0 Å². The first-order valence-electron chi connectivity index (χ1n) is 7.88. The summed E-state index contributed by atoms with van der Waals surface area (Å²) in [6.45, 7) is 0.670. The first-order chi connectivity index (χ1) is 12.8. The Morgan fingerprint density at radius 2 is 1.96 bits per heavy atom. The van der Waals surface area contributed by atoms with Crippen LogP contribution in [0.25, 0.3) is 11.4 Å². The molecule has 4 rings (SSSR count). The van der Waals surface area contributed by atoms with Crippen molar-refractivity contribution in [3.05, 3.63) is 57.4 Å². The van der Waals surface area contributed by atoms with Crippen molar-refractivity contribution in [3.63, 3.8) is 0 Å². The van der Waals surface area contributed by atoms with Gasteiger partial charge in [-0.15, -0.1) is 11.3 Å². The average Bonchev–Trinajstić information content (AvgIpc) is 3.27. The summed E-state index contributed by atoms with van der Waals surface area (Å²) in [5, 5.41) is 5.09. The second-order valence-electron chi connectivity index (χ2n) is 5.96. The summed E-state index contributed by atoms with van der Waals surface area (Å²) in [4.78, 5) is 18.6. The molecule has 0 N–H and O–H groups in total. The van der Waals surface area contributed by atoms with Gasteiger partial charge in [0, 0.05) is 34.5 Å². The van der Waals surface area contributed by atoms with Crippen LogP contribution < -0.4 is 0 Å². The van der Waals surface area contributed by atoms with E-state index in [9.17, 15) is 22.4 Å². The SMILES string of the molecule is O=C(c1ccc(F)cc1)N1CCc2scc(-c3noc(C(F)(F)F)n3)c2C1. The summed E-state index contributed by atoms with van der Waals surface area (Å²) in [6.07, 6.45) is -4.15. The Labute approximate surface area is 154 Å². The number of hydrogen-bond donors (Lipinski definition) is 0. The van der Waals surface area contributed by atoms with Gasteiger partial charge >= 0.3 is 12.1 Å². The van der Waals surface area contributed by atoms with E-state index < -0.39 is 17.9 Å². The van der Waals surface area contributed by atoms with Crippen molar-refractivity contribution in [2.24, 2.45) is 0 Å². The van der Waals surface area contributed by atoms with Crippen LogP contribution in [0.15, 0.2) is 34.2 Å². The van der Waals surface area contributed by atoms with Crippen molar-refractivity contribution >= 4 is 17.2 Å². The number of halogens is 4. The van der Waals surface area contributed by atoms with Crippen LogP contribution in [-0.4, -0.2) is 27.5 Å². The predicted octanol–water partition coefficient (Wildman–Crippen LogP) is 4.15. The van der Waals surface area contributed by atoms with Crippen LogP contribution in [0.3, 0.4) is 0 Å². The lowest BCUT2D eigenvalue weighted by atomic mass is 10.0. The maximum atomic E-state index is 13.0. The average molecular weight is 397 g/mol. The molecule has 0 saturated heterocycles. The Bertz CT molecular complexity index is 995. The van der Waals surface area contributed by atoms with Crippen molar-refractivity contribution in [3.8, 4) is 11.4 Å². The minimum atomic E-state index is -4.72. The normalized spacial score (nSPS) is 14.3. The Hall–Kier alpha value is -2.75. The van der Waals surface area contributed by atoms with E-state index in [1.54, 1.807) is 10.3 Å². The zero-order valence-corrected chi connectivity index (χ0v) is 14.4. The molecule has 0 unspecified atom stereocenters. The van der Waals surface area contributed by atoms with Gasteiger partial charge in [-0.2, -0.15) is 18.2 Å². The summed E-state index contributed by atoms with van der Waals surface area (Å²) >= 11 is 1.38. The summed E-state index contributed by atoms with van der Waals surface area (Å²) < 4.78 is 55.4. The van der Waals surface area contributed by atoms with E-state index in [0.717, 1.165) is 4.88 Å². The molecule has 1 amide bonds. The molecule has 27 heavy (non-hydrogen) atoms. The van der Waals surface area contributed by atoms with Crippen LogP contribution in [0, 0.1) is 5.82 Å². The van der Waals surface area contributed by atoms with Crippen LogP contribution in [0.4, 0.5) is 17.6 Å². The Kier molecular flexibility index (Phi) is 4.22. The number of thiophene rings is 1. The van der Waals surface area contributed by atoms with Crippen molar-refractivity contribution in [2.45, 2.75) is 19.1 Å². The highest BCUT2D eigenvalue weighted by Gasteiger charge is 2.39. The fraction of sp³-hybridized carbons (Fsp3) is 0.235. The van der Waals surface area contributed by atoms with Gasteiger partial charge in [-0.3, -0.25) is 4.79 Å². The lowest BCUT2D eigenvalue weighted by Crippen LogP contribution is -2.35. The Morgan fingerprint density at radius 3 is 2.63 bits per heavy atom. The lowest BCUT2D eigenvalue weighted by Gasteiger charge is -2.27. The van der Waals surface area contributed by atoms with Crippen LogP contribution in [0.1, 0.15) is 26.7 Å². The molecule has 0 fully saturated rings. The van der Waals surface area contributed by atoms with Crippen LogP contribution in [0.2, 0.25) is 0 Å². The minimum absolute atomic E-state index is 0.157. The van der Waals surface area contributed by atoms with E-state index in [0.29, 0.717) is 29.7 Å². The van der Waals surface area contributed by atoms with Crippen molar-refractivity contribution in [1.29, 1.82) is 0 Å². The van der Waals surface area contributed by atoms with E-state index in [2.05, 4.69) is 14.7 Å². The standard InChI is InChI=1S/C17H11F4N3O2S/c18-10-3-1-9(2-4-10)15(25)24-6-5-13-11(7-24)12(8-27-13)14-22-16(26-23-14)17(19,20)21/h1-4,8H,5-7H2. The highest BCUT2D eigenvalue weighted by Crippen LogP contribution is 2.36. The van der Waals surface area contributed by atoms with Crippen molar-refractivity contribution in [1.82, 2.24) is 15.0 Å². The number of aromatic nitrogens is 2. The van der Waals surface area contributed by atoms with E-state index in [-0.39, 0.29) is 18.3 Å². The molecule has 0 radical (unpaired) electrons. The molecular formula is C17H11F4N3O2S. The number of fused-ring (bicyclic) bond motifs is 1. The highest BCUT2D eigenvalue weighted by atomic mass is 32.1. The van der Waals surface area contributed by atoms with Gasteiger partial charge in [-0.25, -0.2) is 4.39 Å². The zero-order valence-electron chi connectivity index (χ0n) is 13.6. The third kappa shape index (κ3) is 3.32. The smallest absolute Gasteiger partial charge is 0.334 e. The topological polar surface area (TPSA) is 59.2 Å². The maximum absolute atomic E-state index is 13.0. The molecule has 10 heteroatoms. The third-order valence-electron chi connectivity index (χ3n) is 4.23. The first kappa shape index (κ1) is 17.7. The van der Waals surface area contributed by atoms with Crippen LogP contribution in [-0.2, 0) is 19.1 Å². The fourth-order valence-corrected chi connectivity index (χ4v) is 3.93.